The number of hydrogen-bond donors (Lipinski definition) is 1. The summed E-state index contributed by atoms with van der Waals surface area (Å²) in [7, 11) is 1.95. The molecular weight excluding hydrogens is 302 g/mol. The fraction of sp³-hybridized carbons (Fsp3) is 0.250. The van der Waals surface area contributed by atoms with Crippen molar-refractivity contribution >= 4 is 15.9 Å². The number of rotatable bonds is 5. The molecule has 2 rings (SSSR count). The van der Waals surface area contributed by atoms with Crippen molar-refractivity contribution in [3.63, 3.8) is 0 Å². The van der Waals surface area contributed by atoms with Crippen LogP contribution >= 0.6 is 15.9 Å². The fourth-order valence-electron chi connectivity index (χ4n) is 1.99. The molecule has 0 aliphatic carbocycles. The van der Waals surface area contributed by atoms with E-state index in [1.165, 1.54) is 16.7 Å². The summed E-state index contributed by atoms with van der Waals surface area (Å²) >= 11 is 3.44. The summed E-state index contributed by atoms with van der Waals surface area (Å²) in [5.74, 6) is 0.986. The second kappa shape index (κ2) is 6.73. The van der Waals surface area contributed by atoms with Crippen LogP contribution in [0, 0.1) is 6.92 Å². The lowest BCUT2D eigenvalue weighted by Gasteiger charge is -2.14. The average Bonchev–Trinajstić information content (AvgIpc) is 2.40. The lowest BCUT2D eigenvalue weighted by atomic mass is 10.1. The monoisotopic (exact) mass is 319 g/mol. The second-order valence-corrected chi connectivity index (χ2v) is 5.42. The molecule has 0 aromatic heterocycles. The molecule has 1 N–H and O–H groups in total. The summed E-state index contributed by atoms with van der Waals surface area (Å²) in [6.07, 6.45) is 0. The Kier molecular flexibility index (Phi) is 5.00. The minimum atomic E-state index is 0.592. The predicted octanol–water partition coefficient (Wildman–Crippen LogP) is 4.06. The molecule has 0 heterocycles. The average molecular weight is 320 g/mol. The highest BCUT2D eigenvalue weighted by Gasteiger charge is 2.06. The Labute approximate surface area is 122 Å². The molecular formula is C16H18BrNO. The molecule has 0 saturated heterocycles. The van der Waals surface area contributed by atoms with Crippen molar-refractivity contribution in [3.05, 3.63) is 63.6 Å². The second-order valence-electron chi connectivity index (χ2n) is 4.51. The topological polar surface area (TPSA) is 21.3 Å². The molecule has 0 fully saturated rings. The van der Waals surface area contributed by atoms with E-state index in [0.717, 1.165) is 16.8 Å². The molecule has 2 aromatic carbocycles. The normalized spacial score (nSPS) is 10.5. The third kappa shape index (κ3) is 3.82. The number of para-hydroxylation sites is 1. The zero-order valence-electron chi connectivity index (χ0n) is 11.2. The maximum Gasteiger partial charge on any atom is 0.127 e. The summed E-state index contributed by atoms with van der Waals surface area (Å²) in [6.45, 7) is 3.49. The Morgan fingerprint density at radius 3 is 2.53 bits per heavy atom. The van der Waals surface area contributed by atoms with Gasteiger partial charge < -0.3 is 10.1 Å². The number of aryl methyl sites for hydroxylation is 1. The van der Waals surface area contributed by atoms with Crippen molar-refractivity contribution in [3.8, 4) is 5.75 Å². The molecule has 0 aliphatic rings. The van der Waals surface area contributed by atoms with Crippen LogP contribution < -0.4 is 10.1 Å². The van der Waals surface area contributed by atoms with E-state index in [1.807, 2.05) is 19.2 Å². The molecule has 3 heteroatoms. The van der Waals surface area contributed by atoms with Gasteiger partial charge in [-0.15, -0.1) is 0 Å². The van der Waals surface area contributed by atoms with E-state index in [-0.39, 0.29) is 0 Å². The van der Waals surface area contributed by atoms with Crippen molar-refractivity contribution in [2.45, 2.75) is 20.1 Å². The van der Waals surface area contributed by atoms with Crippen molar-refractivity contribution in [1.29, 1.82) is 0 Å². The van der Waals surface area contributed by atoms with Gasteiger partial charge in [0.05, 0.1) is 0 Å². The first kappa shape index (κ1) is 14.1. The molecule has 0 saturated carbocycles. The largest absolute Gasteiger partial charge is 0.488 e. The van der Waals surface area contributed by atoms with Crippen LogP contribution in [0.25, 0.3) is 0 Å². The maximum absolute atomic E-state index is 5.99. The first-order chi connectivity index (χ1) is 9.20. The van der Waals surface area contributed by atoms with Gasteiger partial charge in [0.15, 0.2) is 0 Å². The molecule has 0 aliphatic heterocycles. The summed E-state index contributed by atoms with van der Waals surface area (Å²) < 4.78 is 7.08. The standard InChI is InChI=1S/C16H18BrNO/c1-12-4-3-5-14(10-18-2)16(12)19-11-13-6-8-15(17)9-7-13/h3-9,18H,10-11H2,1-2H3. The van der Waals surface area contributed by atoms with Gasteiger partial charge in [-0.05, 0) is 37.2 Å². The highest BCUT2D eigenvalue weighted by atomic mass is 79.9. The van der Waals surface area contributed by atoms with Crippen LogP contribution in [0.1, 0.15) is 16.7 Å². The zero-order chi connectivity index (χ0) is 13.7. The van der Waals surface area contributed by atoms with Crippen molar-refractivity contribution in [1.82, 2.24) is 5.32 Å². The smallest absolute Gasteiger partial charge is 0.127 e. The van der Waals surface area contributed by atoms with Gasteiger partial charge in [-0.1, -0.05) is 46.3 Å². The Morgan fingerprint density at radius 1 is 1.11 bits per heavy atom. The molecule has 0 amide bonds. The van der Waals surface area contributed by atoms with Gasteiger partial charge in [-0.25, -0.2) is 0 Å². The van der Waals surface area contributed by atoms with Gasteiger partial charge in [0.25, 0.3) is 0 Å². The molecule has 0 spiro atoms. The summed E-state index contributed by atoms with van der Waals surface area (Å²) in [6, 6.07) is 14.4. The highest BCUT2D eigenvalue weighted by molar-refractivity contribution is 9.10. The SMILES string of the molecule is CNCc1cccc(C)c1OCc1ccc(Br)cc1. The number of ether oxygens (including phenoxy) is 1. The van der Waals surface area contributed by atoms with Crippen LogP contribution in [-0.2, 0) is 13.2 Å². The van der Waals surface area contributed by atoms with E-state index in [1.54, 1.807) is 0 Å². The minimum absolute atomic E-state index is 0.592. The molecule has 0 atom stereocenters. The van der Waals surface area contributed by atoms with E-state index >= 15 is 0 Å². The molecule has 2 nitrogen and oxygen atoms in total. The minimum Gasteiger partial charge on any atom is -0.488 e. The van der Waals surface area contributed by atoms with Crippen LogP contribution in [0.5, 0.6) is 5.75 Å². The zero-order valence-corrected chi connectivity index (χ0v) is 12.8. The molecule has 19 heavy (non-hydrogen) atoms. The Morgan fingerprint density at radius 2 is 1.84 bits per heavy atom. The maximum atomic E-state index is 5.99. The van der Waals surface area contributed by atoms with Crippen LogP contribution in [0.3, 0.4) is 0 Å². The van der Waals surface area contributed by atoms with Crippen LogP contribution in [-0.4, -0.2) is 7.05 Å². The third-order valence-corrected chi connectivity index (χ3v) is 3.49. The van der Waals surface area contributed by atoms with Crippen molar-refractivity contribution in [2.75, 3.05) is 7.05 Å². The lowest BCUT2D eigenvalue weighted by molar-refractivity contribution is 0.300. The molecule has 2 aromatic rings. The quantitative estimate of drug-likeness (QED) is 0.897. The predicted molar refractivity (Wildman–Crippen MR) is 82.4 cm³/mol. The first-order valence-corrected chi connectivity index (χ1v) is 7.10. The molecule has 0 bridgehead atoms. The third-order valence-electron chi connectivity index (χ3n) is 2.96. The lowest BCUT2D eigenvalue weighted by Crippen LogP contribution is -2.08. The highest BCUT2D eigenvalue weighted by Crippen LogP contribution is 2.24. The van der Waals surface area contributed by atoms with E-state index in [4.69, 9.17) is 4.74 Å². The van der Waals surface area contributed by atoms with Gasteiger partial charge >= 0.3 is 0 Å². The number of nitrogens with one attached hydrogen (secondary N) is 1. The van der Waals surface area contributed by atoms with Crippen LogP contribution in [0.4, 0.5) is 0 Å². The first-order valence-electron chi connectivity index (χ1n) is 6.31. The molecule has 0 radical (unpaired) electrons. The number of hydrogen-bond acceptors (Lipinski definition) is 2. The Hall–Kier alpha value is -1.32. The summed E-state index contributed by atoms with van der Waals surface area (Å²) in [4.78, 5) is 0. The summed E-state index contributed by atoms with van der Waals surface area (Å²) in [5.41, 5.74) is 3.53. The van der Waals surface area contributed by atoms with E-state index in [0.29, 0.717) is 6.61 Å². The fourth-order valence-corrected chi connectivity index (χ4v) is 2.25. The Balaban J connectivity index is 2.12. The van der Waals surface area contributed by atoms with Gasteiger partial charge in [0, 0.05) is 16.6 Å². The van der Waals surface area contributed by atoms with Crippen molar-refractivity contribution in [2.24, 2.45) is 0 Å². The van der Waals surface area contributed by atoms with Gasteiger partial charge in [-0.3, -0.25) is 0 Å². The number of halogens is 1. The molecule has 100 valence electrons. The molecule has 0 unspecified atom stereocenters. The van der Waals surface area contributed by atoms with Crippen LogP contribution in [0.15, 0.2) is 46.9 Å². The van der Waals surface area contributed by atoms with Gasteiger partial charge in [-0.2, -0.15) is 0 Å². The summed E-state index contributed by atoms with van der Waals surface area (Å²) in [5, 5.41) is 3.17. The van der Waals surface area contributed by atoms with E-state index in [2.05, 4.69) is 58.5 Å². The Bertz CT molecular complexity index is 537. The van der Waals surface area contributed by atoms with Gasteiger partial charge in [0.1, 0.15) is 12.4 Å². The van der Waals surface area contributed by atoms with Gasteiger partial charge in [0.2, 0.25) is 0 Å². The van der Waals surface area contributed by atoms with E-state index < -0.39 is 0 Å². The van der Waals surface area contributed by atoms with E-state index in [9.17, 15) is 0 Å². The van der Waals surface area contributed by atoms with Crippen molar-refractivity contribution < 1.29 is 4.74 Å². The number of benzene rings is 2. The van der Waals surface area contributed by atoms with Crippen LogP contribution in [0.2, 0.25) is 0 Å².